The van der Waals surface area contributed by atoms with Crippen molar-refractivity contribution in [1.29, 1.82) is 0 Å². The van der Waals surface area contributed by atoms with Gasteiger partial charge in [-0.1, -0.05) is 0 Å². The second-order valence-electron chi connectivity index (χ2n) is 8.18. The maximum Gasteiger partial charge on any atom is 0.186 e. The summed E-state index contributed by atoms with van der Waals surface area (Å²) in [5.74, 6) is 0. The minimum atomic E-state index is -1.95. The normalized spacial score (nSPS) is 42.7. The molecule has 14 atom stereocenters. The van der Waals surface area contributed by atoms with Crippen LogP contribution in [0.15, 0.2) is 0 Å². The second-order valence-corrected chi connectivity index (χ2v) is 8.18. The summed E-state index contributed by atoms with van der Waals surface area (Å²) in [6, 6.07) is 0. The summed E-state index contributed by atoms with van der Waals surface area (Å²) in [6.45, 7) is -2.97. The molecule has 0 aromatic carbocycles. The molecule has 0 radical (unpaired) electrons. The maximum absolute atomic E-state index is 10.2. The van der Waals surface area contributed by atoms with Gasteiger partial charge in [0, 0.05) is 0 Å². The zero-order chi connectivity index (χ0) is 25.7. The average Bonchev–Trinajstić information content (AvgIpc) is 2.84. The molecule has 34 heavy (non-hydrogen) atoms. The molecule has 2 fully saturated rings. The molecule has 0 spiro atoms. The van der Waals surface area contributed by atoms with Crippen molar-refractivity contribution in [1.82, 2.24) is 0 Å². The molecule has 0 amide bonds. The molecule has 0 saturated carbocycles. The molecule has 202 valence electrons. The molecule has 2 heterocycles. The minimum Gasteiger partial charge on any atom is -0.394 e. The van der Waals surface area contributed by atoms with Crippen molar-refractivity contribution in [3.63, 3.8) is 0 Å². The van der Waals surface area contributed by atoms with E-state index in [1.165, 1.54) is 0 Å². The van der Waals surface area contributed by atoms with Gasteiger partial charge in [-0.05, 0) is 0 Å². The summed E-state index contributed by atoms with van der Waals surface area (Å²) in [6.07, 6.45) is -23.8. The van der Waals surface area contributed by atoms with Gasteiger partial charge >= 0.3 is 0 Å². The Kier molecular flexibility index (Phi) is 11.4. The van der Waals surface area contributed by atoms with Gasteiger partial charge in [-0.3, -0.25) is 0 Å². The van der Waals surface area contributed by atoms with E-state index in [9.17, 15) is 56.2 Å². The van der Waals surface area contributed by atoms with Crippen LogP contribution in [0.1, 0.15) is 0 Å². The number of hydrogen-bond donors (Lipinski definition) is 12. The molecule has 16 heteroatoms. The standard InChI is InChI=1S/C18H34O16/c19-1-5(21)9(23)10(24)6(22)3-31-17-16(30)14(28)12(26)8(34-17)4-32-18-15(29)13(27)11(25)7(2-20)33-18/h5-30H,1-4H2/t5-,6+,7+,8+,9+,10-,11-,12-,13-,14-,15+,16+,17+,18+/m0/s1. The highest BCUT2D eigenvalue weighted by Crippen LogP contribution is 2.26. The van der Waals surface area contributed by atoms with Crippen LogP contribution in [0.3, 0.4) is 0 Å². The van der Waals surface area contributed by atoms with E-state index in [2.05, 4.69) is 0 Å². The Morgan fingerprint density at radius 2 is 1.06 bits per heavy atom. The van der Waals surface area contributed by atoms with E-state index in [1.807, 2.05) is 0 Å². The van der Waals surface area contributed by atoms with Crippen LogP contribution in [0, 0.1) is 0 Å². The van der Waals surface area contributed by atoms with Gasteiger partial charge in [-0.25, -0.2) is 0 Å². The van der Waals surface area contributed by atoms with Crippen molar-refractivity contribution in [2.75, 3.05) is 26.4 Å². The topological polar surface area (TPSA) is 280 Å². The van der Waals surface area contributed by atoms with E-state index in [0.717, 1.165) is 0 Å². The maximum atomic E-state index is 10.2. The lowest BCUT2D eigenvalue weighted by molar-refractivity contribution is -0.333. The van der Waals surface area contributed by atoms with Crippen molar-refractivity contribution in [3.05, 3.63) is 0 Å². The second kappa shape index (κ2) is 13.1. The van der Waals surface area contributed by atoms with E-state index in [-0.39, 0.29) is 0 Å². The lowest BCUT2D eigenvalue weighted by Gasteiger charge is -2.42. The lowest BCUT2D eigenvalue weighted by atomic mass is 9.98. The van der Waals surface area contributed by atoms with Crippen LogP contribution in [0.5, 0.6) is 0 Å². The smallest absolute Gasteiger partial charge is 0.186 e. The monoisotopic (exact) mass is 506 g/mol. The van der Waals surface area contributed by atoms with Crippen LogP contribution in [0.4, 0.5) is 0 Å². The number of aliphatic hydroxyl groups excluding tert-OH is 12. The lowest BCUT2D eigenvalue weighted by Crippen LogP contribution is -2.62. The number of ether oxygens (including phenoxy) is 4. The van der Waals surface area contributed by atoms with Crippen LogP contribution >= 0.6 is 0 Å². The molecule has 2 aliphatic rings. The van der Waals surface area contributed by atoms with Crippen molar-refractivity contribution >= 4 is 0 Å². The highest BCUT2D eigenvalue weighted by atomic mass is 16.7. The first-order valence-electron chi connectivity index (χ1n) is 10.5. The third kappa shape index (κ3) is 6.77. The predicted molar refractivity (Wildman–Crippen MR) is 103 cm³/mol. The Morgan fingerprint density at radius 1 is 0.588 bits per heavy atom. The largest absolute Gasteiger partial charge is 0.394 e. The molecule has 0 aliphatic carbocycles. The molecule has 12 N–H and O–H groups in total. The summed E-state index contributed by atoms with van der Waals surface area (Å²) < 4.78 is 20.8. The van der Waals surface area contributed by atoms with Gasteiger partial charge in [0.2, 0.25) is 0 Å². The molecule has 0 aromatic rings. The van der Waals surface area contributed by atoms with Crippen LogP contribution in [-0.4, -0.2) is 174 Å². The van der Waals surface area contributed by atoms with Gasteiger partial charge < -0.3 is 80.2 Å². The summed E-state index contributed by atoms with van der Waals surface area (Å²) in [5, 5.41) is 117. The average molecular weight is 506 g/mol. The van der Waals surface area contributed by atoms with Crippen LogP contribution in [0.2, 0.25) is 0 Å². The number of aliphatic hydroxyl groups is 12. The van der Waals surface area contributed by atoms with Crippen LogP contribution < -0.4 is 0 Å². The fourth-order valence-electron chi connectivity index (χ4n) is 3.44. The third-order valence-electron chi connectivity index (χ3n) is 5.70. The van der Waals surface area contributed by atoms with Gasteiger partial charge in [-0.15, -0.1) is 0 Å². The Labute approximate surface area is 193 Å². The molecular weight excluding hydrogens is 472 g/mol. The van der Waals surface area contributed by atoms with Gasteiger partial charge in [-0.2, -0.15) is 0 Å². The predicted octanol–water partition coefficient (Wildman–Crippen LogP) is -7.94. The van der Waals surface area contributed by atoms with E-state index in [0.29, 0.717) is 0 Å². The summed E-state index contributed by atoms with van der Waals surface area (Å²) in [5.41, 5.74) is 0. The Balaban J connectivity index is 1.95. The molecule has 2 aliphatic heterocycles. The zero-order valence-electron chi connectivity index (χ0n) is 17.9. The summed E-state index contributed by atoms with van der Waals surface area (Å²) in [4.78, 5) is 0. The molecule has 0 aromatic heterocycles. The first kappa shape index (κ1) is 29.6. The van der Waals surface area contributed by atoms with Gasteiger partial charge in [0.15, 0.2) is 12.6 Å². The Morgan fingerprint density at radius 3 is 1.59 bits per heavy atom. The van der Waals surface area contributed by atoms with Gasteiger partial charge in [0.25, 0.3) is 0 Å². The quantitative estimate of drug-likeness (QED) is 0.124. The van der Waals surface area contributed by atoms with Crippen LogP contribution in [0.25, 0.3) is 0 Å². The van der Waals surface area contributed by atoms with Crippen LogP contribution in [-0.2, 0) is 18.9 Å². The zero-order valence-corrected chi connectivity index (χ0v) is 17.9. The highest BCUT2D eigenvalue weighted by Gasteiger charge is 2.47. The van der Waals surface area contributed by atoms with Crippen molar-refractivity contribution in [2.45, 2.75) is 85.8 Å². The first-order valence-corrected chi connectivity index (χ1v) is 10.5. The van der Waals surface area contributed by atoms with E-state index in [1.54, 1.807) is 0 Å². The minimum absolute atomic E-state index is 0.597. The molecule has 2 rings (SSSR count). The number of rotatable bonds is 11. The van der Waals surface area contributed by atoms with Gasteiger partial charge in [0.1, 0.15) is 73.2 Å². The fraction of sp³-hybridized carbons (Fsp3) is 1.00. The summed E-state index contributed by atoms with van der Waals surface area (Å²) >= 11 is 0. The van der Waals surface area contributed by atoms with E-state index >= 15 is 0 Å². The SMILES string of the molecule is OC[C@H](O)[C@@H](O)[C@@H](O)[C@H](O)CO[C@@H]1O[C@H](CO[C@@H]2O[C@H](CO)[C@H](O)[C@H](O)[C@H]2O)[C@H](O)[C@H](O)[C@H]1O. The first-order chi connectivity index (χ1) is 15.9. The van der Waals surface area contributed by atoms with Crippen molar-refractivity contribution in [2.24, 2.45) is 0 Å². The fourth-order valence-corrected chi connectivity index (χ4v) is 3.44. The third-order valence-corrected chi connectivity index (χ3v) is 5.70. The van der Waals surface area contributed by atoms with Gasteiger partial charge in [0.05, 0.1) is 26.4 Å². The molecule has 0 bridgehead atoms. The van der Waals surface area contributed by atoms with Crippen molar-refractivity contribution in [3.8, 4) is 0 Å². The molecule has 2 saturated heterocycles. The number of hydrogen-bond acceptors (Lipinski definition) is 16. The van der Waals surface area contributed by atoms with E-state index < -0.39 is 112 Å². The summed E-state index contributed by atoms with van der Waals surface area (Å²) in [7, 11) is 0. The van der Waals surface area contributed by atoms with E-state index in [4.69, 9.17) is 24.1 Å². The molecular formula is C18H34O16. The Bertz CT molecular complexity index is 596. The Hall–Kier alpha value is -0.640. The van der Waals surface area contributed by atoms with Crippen molar-refractivity contribution < 1.29 is 80.2 Å². The molecule has 0 unspecified atom stereocenters. The highest BCUT2D eigenvalue weighted by molar-refractivity contribution is 4.92. The molecule has 16 nitrogen and oxygen atoms in total.